The number of hydrogen-bond acceptors (Lipinski definition) is 6. The maximum absolute atomic E-state index is 11.7. The van der Waals surface area contributed by atoms with Gasteiger partial charge in [0.15, 0.2) is 14.1 Å². The summed E-state index contributed by atoms with van der Waals surface area (Å²) < 4.78 is 18.2. The van der Waals surface area contributed by atoms with Crippen LogP contribution in [-0.4, -0.2) is 47.5 Å². The molecule has 0 radical (unpaired) electrons. The first-order valence-electron chi connectivity index (χ1n) is 7.72. The van der Waals surface area contributed by atoms with Crippen LogP contribution >= 0.6 is 8.38 Å². The van der Waals surface area contributed by atoms with Crippen molar-refractivity contribution in [2.24, 2.45) is 0 Å². The third kappa shape index (κ3) is 4.41. The topological polar surface area (TPSA) is 74.6 Å². The number of imidazole rings is 1. The van der Waals surface area contributed by atoms with Gasteiger partial charge in [0.1, 0.15) is 0 Å². The van der Waals surface area contributed by atoms with Crippen LogP contribution in [0.1, 0.15) is 37.7 Å². The quantitative estimate of drug-likeness (QED) is 0.584. The summed E-state index contributed by atoms with van der Waals surface area (Å²) in [6, 6.07) is 0.245. The lowest BCUT2D eigenvalue weighted by Crippen LogP contribution is -2.31. The highest BCUT2D eigenvalue weighted by Crippen LogP contribution is 2.40. The minimum absolute atomic E-state index is 0.245. The van der Waals surface area contributed by atoms with Crippen molar-refractivity contribution in [2.45, 2.75) is 39.8 Å². The van der Waals surface area contributed by atoms with Crippen LogP contribution in [-0.2, 0) is 20.3 Å². The van der Waals surface area contributed by atoms with Gasteiger partial charge >= 0.3 is 5.97 Å². The van der Waals surface area contributed by atoms with Crippen molar-refractivity contribution in [2.75, 3.05) is 31.3 Å². The predicted octanol–water partition coefficient (Wildman–Crippen LogP) is 2.63. The number of nitrogens with zero attached hydrogens (tertiary/aromatic N) is 2. The summed E-state index contributed by atoms with van der Waals surface area (Å²) in [5, 5.41) is 3.36. The summed E-state index contributed by atoms with van der Waals surface area (Å²) in [5.41, 5.74) is 0.349. The van der Waals surface area contributed by atoms with Crippen molar-refractivity contribution in [1.82, 2.24) is 9.55 Å². The van der Waals surface area contributed by atoms with Gasteiger partial charge in [-0.05, 0) is 27.2 Å². The molecule has 0 aromatic carbocycles. The summed E-state index contributed by atoms with van der Waals surface area (Å²) in [6.07, 6.45) is 3.51. The van der Waals surface area contributed by atoms with E-state index in [9.17, 15) is 4.79 Å². The molecule has 1 atom stereocenters. The molecule has 7 nitrogen and oxygen atoms in total. The first kappa shape index (κ1) is 17.2. The second-order valence-electron chi connectivity index (χ2n) is 4.84. The molecule has 1 aliphatic rings. The van der Waals surface area contributed by atoms with Crippen molar-refractivity contribution < 1.29 is 18.6 Å². The van der Waals surface area contributed by atoms with Gasteiger partial charge in [0.2, 0.25) is 5.95 Å². The lowest BCUT2D eigenvalue weighted by molar-refractivity contribution is 0.0520. The van der Waals surface area contributed by atoms with E-state index >= 15 is 0 Å². The largest absolute Gasteiger partial charge is 0.461 e. The Hall–Kier alpha value is -1.17. The molecule has 22 heavy (non-hydrogen) atoms. The van der Waals surface area contributed by atoms with Crippen LogP contribution in [0.3, 0.4) is 0 Å². The molecule has 1 aliphatic heterocycles. The molecule has 1 unspecified atom stereocenters. The minimum atomic E-state index is -0.876. The second-order valence-corrected chi connectivity index (χ2v) is 6.39. The van der Waals surface area contributed by atoms with Gasteiger partial charge in [-0.15, -0.1) is 0 Å². The van der Waals surface area contributed by atoms with E-state index in [2.05, 4.69) is 10.3 Å². The first-order valence-corrected chi connectivity index (χ1v) is 9.08. The van der Waals surface area contributed by atoms with Crippen molar-refractivity contribution in [3.8, 4) is 0 Å². The minimum Gasteiger partial charge on any atom is -0.461 e. The molecule has 8 heteroatoms. The molecule has 0 saturated carbocycles. The number of carbonyl (C=O) groups is 1. The fraction of sp³-hybridized carbons (Fsp3) is 0.714. The summed E-state index contributed by atoms with van der Waals surface area (Å²) in [7, 11) is -0.876. The number of rotatable bonds is 8. The average Bonchev–Trinajstić information content (AvgIpc) is 2.91. The lowest BCUT2D eigenvalue weighted by atomic mass is 10.2. The summed E-state index contributed by atoms with van der Waals surface area (Å²) in [4.78, 5) is 16.1. The number of fused-ring (bicyclic) bond motifs is 1. The fourth-order valence-corrected chi connectivity index (χ4v) is 3.80. The van der Waals surface area contributed by atoms with Crippen LogP contribution in [0.15, 0.2) is 6.20 Å². The Morgan fingerprint density at radius 3 is 2.73 bits per heavy atom. The third-order valence-corrected chi connectivity index (χ3v) is 5.06. The first-order chi connectivity index (χ1) is 10.7. The van der Waals surface area contributed by atoms with E-state index in [1.54, 1.807) is 13.1 Å². The van der Waals surface area contributed by atoms with E-state index in [1.807, 2.05) is 18.4 Å². The smallest absolute Gasteiger partial charge is 0.358 e. The molecule has 1 N–H and O–H groups in total. The van der Waals surface area contributed by atoms with E-state index in [4.69, 9.17) is 13.8 Å². The van der Waals surface area contributed by atoms with E-state index in [0.29, 0.717) is 31.5 Å². The zero-order chi connectivity index (χ0) is 15.9. The number of anilines is 1. The van der Waals surface area contributed by atoms with Crippen molar-refractivity contribution in [1.29, 1.82) is 0 Å². The van der Waals surface area contributed by atoms with Gasteiger partial charge in [0, 0.05) is 24.9 Å². The van der Waals surface area contributed by atoms with Gasteiger partial charge in [-0.1, -0.05) is 0 Å². The Balaban J connectivity index is 1.97. The number of aryl methyl sites for hydroxylation is 1. The maximum atomic E-state index is 11.7. The zero-order valence-corrected chi connectivity index (χ0v) is 14.3. The molecule has 2 heterocycles. The van der Waals surface area contributed by atoms with Crippen LogP contribution in [0, 0.1) is 0 Å². The number of aromatic nitrogens is 2. The number of hydrogen-bond donors (Lipinski definition) is 1. The summed E-state index contributed by atoms with van der Waals surface area (Å²) in [5.74, 6) is 0.330. The van der Waals surface area contributed by atoms with Crippen LogP contribution in [0.4, 0.5) is 5.95 Å². The molecule has 0 aliphatic carbocycles. The number of carbonyl (C=O) groups excluding carboxylic acids is 1. The Kier molecular flexibility index (Phi) is 6.61. The Labute approximate surface area is 132 Å². The molecule has 0 fully saturated rings. The SMILES string of the molecule is CCOC(=O)c1cn2c(n1)NC(CP(OCC)OCC)CC2. The van der Waals surface area contributed by atoms with Crippen molar-refractivity contribution in [3.63, 3.8) is 0 Å². The lowest BCUT2D eigenvalue weighted by Gasteiger charge is -2.27. The highest BCUT2D eigenvalue weighted by molar-refractivity contribution is 7.47. The summed E-state index contributed by atoms with van der Waals surface area (Å²) in [6.45, 7) is 8.21. The highest BCUT2D eigenvalue weighted by Gasteiger charge is 2.25. The van der Waals surface area contributed by atoms with Gasteiger partial charge in [-0.25, -0.2) is 9.78 Å². The number of nitrogens with one attached hydrogen (secondary N) is 1. The average molecular weight is 329 g/mol. The van der Waals surface area contributed by atoms with E-state index in [-0.39, 0.29) is 12.0 Å². The Bertz CT molecular complexity index is 488. The zero-order valence-electron chi connectivity index (χ0n) is 13.4. The van der Waals surface area contributed by atoms with Crippen LogP contribution < -0.4 is 5.32 Å². The number of esters is 1. The van der Waals surface area contributed by atoms with Crippen LogP contribution in [0.2, 0.25) is 0 Å². The molecule has 2 rings (SSSR count). The maximum Gasteiger partial charge on any atom is 0.358 e. The third-order valence-electron chi connectivity index (χ3n) is 3.23. The van der Waals surface area contributed by atoms with Gasteiger partial charge in [0.05, 0.1) is 19.8 Å². The molecular formula is C14H24N3O4P. The standard InChI is InChI=1S/C14H24N3O4P/c1-4-19-13(18)12-9-17-8-7-11(15-14(17)16-12)10-22(20-5-2)21-6-3/h9,11H,4-8,10H2,1-3H3,(H,15,16). The van der Waals surface area contributed by atoms with Gasteiger partial charge in [0.25, 0.3) is 0 Å². The van der Waals surface area contributed by atoms with Crippen molar-refractivity contribution in [3.05, 3.63) is 11.9 Å². The second kappa shape index (κ2) is 8.46. The van der Waals surface area contributed by atoms with Crippen LogP contribution in [0.5, 0.6) is 0 Å². The Morgan fingerprint density at radius 2 is 2.09 bits per heavy atom. The van der Waals surface area contributed by atoms with Crippen molar-refractivity contribution >= 4 is 20.3 Å². The molecule has 0 spiro atoms. The van der Waals surface area contributed by atoms with E-state index in [0.717, 1.165) is 19.1 Å². The predicted molar refractivity (Wildman–Crippen MR) is 85.3 cm³/mol. The number of ether oxygens (including phenoxy) is 1. The van der Waals surface area contributed by atoms with Gasteiger partial charge < -0.3 is 23.7 Å². The van der Waals surface area contributed by atoms with Gasteiger partial charge in [-0.2, -0.15) is 0 Å². The monoisotopic (exact) mass is 329 g/mol. The highest BCUT2D eigenvalue weighted by atomic mass is 31.2. The molecule has 1 aromatic heterocycles. The molecule has 0 bridgehead atoms. The molecule has 124 valence electrons. The normalized spacial score (nSPS) is 17.2. The van der Waals surface area contributed by atoms with E-state index < -0.39 is 8.38 Å². The molecular weight excluding hydrogens is 305 g/mol. The molecule has 1 aromatic rings. The van der Waals surface area contributed by atoms with E-state index in [1.165, 1.54) is 0 Å². The molecule has 0 amide bonds. The fourth-order valence-electron chi connectivity index (χ4n) is 2.30. The Morgan fingerprint density at radius 1 is 1.36 bits per heavy atom. The van der Waals surface area contributed by atoms with Crippen LogP contribution in [0.25, 0.3) is 0 Å². The van der Waals surface area contributed by atoms with Gasteiger partial charge in [-0.3, -0.25) is 0 Å². The summed E-state index contributed by atoms with van der Waals surface area (Å²) >= 11 is 0. The molecule has 0 saturated heterocycles.